The number of carbonyl (C=O) groups is 1. The Hall–Kier alpha value is -0.660. The zero-order valence-electron chi connectivity index (χ0n) is 9.53. The van der Waals surface area contributed by atoms with Gasteiger partial charge in [0.05, 0.1) is 10.0 Å². The van der Waals surface area contributed by atoms with Crippen LogP contribution in [0.1, 0.15) is 29.6 Å². The Labute approximate surface area is 122 Å². The van der Waals surface area contributed by atoms with E-state index < -0.39 is 25.7 Å². The topological polar surface area (TPSA) is 60.4 Å². The van der Waals surface area contributed by atoms with Crippen molar-refractivity contribution in [3.05, 3.63) is 28.0 Å². The SMILES string of the molecule is O=C(OC1CCC1)c1cc(F)cc(S(=O)(=O)Cl)c1Br. The van der Waals surface area contributed by atoms with Crippen LogP contribution in [0.15, 0.2) is 21.5 Å². The third kappa shape index (κ3) is 3.27. The van der Waals surface area contributed by atoms with Crippen molar-refractivity contribution < 1.29 is 22.3 Å². The lowest BCUT2D eigenvalue weighted by Crippen LogP contribution is -2.25. The normalized spacial score (nSPS) is 15.9. The van der Waals surface area contributed by atoms with Crippen LogP contribution in [0.3, 0.4) is 0 Å². The van der Waals surface area contributed by atoms with Gasteiger partial charge in [0, 0.05) is 10.7 Å². The fraction of sp³-hybridized carbons (Fsp3) is 0.364. The summed E-state index contributed by atoms with van der Waals surface area (Å²) in [4.78, 5) is 11.4. The monoisotopic (exact) mass is 370 g/mol. The molecule has 8 heteroatoms. The second-order valence-electron chi connectivity index (χ2n) is 4.16. The van der Waals surface area contributed by atoms with Gasteiger partial charge in [-0.2, -0.15) is 0 Å². The van der Waals surface area contributed by atoms with E-state index in [1.165, 1.54) is 0 Å². The molecule has 1 saturated carbocycles. The number of halogens is 3. The molecule has 1 fully saturated rings. The van der Waals surface area contributed by atoms with Gasteiger partial charge in [-0.25, -0.2) is 17.6 Å². The first-order valence-corrected chi connectivity index (χ1v) is 8.54. The zero-order chi connectivity index (χ0) is 14.2. The number of esters is 1. The maximum Gasteiger partial charge on any atom is 0.339 e. The van der Waals surface area contributed by atoms with Gasteiger partial charge in [0.2, 0.25) is 0 Å². The molecule has 4 nitrogen and oxygen atoms in total. The van der Waals surface area contributed by atoms with Gasteiger partial charge in [0.15, 0.2) is 0 Å². The third-order valence-electron chi connectivity index (χ3n) is 2.81. The molecule has 1 aromatic rings. The summed E-state index contributed by atoms with van der Waals surface area (Å²) in [5.74, 6) is -1.64. The van der Waals surface area contributed by atoms with Gasteiger partial charge in [0.25, 0.3) is 9.05 Å². The lowest BCUT2D eigenvalue weighted by atomic mass is 9.96. The molecule has 2 rings (SSSR count). The maximum absolute atomic E-state index is 13.4. The van der Waals surface area contributed by atoms with Crippen molar-refractivity contribution >= 4 is 41.6 Å². The quantitative estimate of drug-likeness (QED) is 0.604. The molecule has 19 heavy (non-hydrogen) atoms. The standard InChI is InChI=1S/C11H9BrClFO4S/c12-10-8(11(15)18-7-2-1-3-7)4-6(14)5-9(10)19(13,16)17/h4-5,7H,1-3H2. The zero-order valence-corrected chi connectivity index (χ0v) is 12.7. The minimum Gasteiger partial charge on any atom is -0.459 e. The van der Waals surface area contributed by atoms with Crippen molar-refractivity contribution in [2.24, 2.45) is 0 Å². The maximum atomic E-state index is 13.4. The predicted molar refractivity (Wildman–Crippen MR) is 70.2 cm³/mol. The fourth-order valence-electron chi connectivity index (χ4n) is 1.59. The van der Waals surface area contributed by atoms with Crippen LogP contribution < -0.4 is 0 Å². The highest BCUT2D eigenvalue weighted by Gasteiger charge is 2.27. The van der Waals surface area contributed by atoms with Crippen LogP contribution in [0, 0.1) is 5.82 Å². The summed E-state index contributed by atoms with van der Waals surface area (Å²) in [5.41, 5.74) is -0.189. The van der Waals surface area contributed by atoms with E-state index in [4.69, 9.17) is 15.4 Å². The van der Waals surface area contributed by atoms with Crippen LogP contribution in [0.2, 0.25) is 0 Å². The molecule has 1 aromatic carbocycles. The summed E-state index contributed by atoms with van der Waals surface area (Å²) < 4.78 is 41.0. The van der Waals surface area contributed by atoms with E-state index in [1.54, 1.807) is 0 Å². The molecule has 0 radical (unpaired) electrons. The van der Waals surface area contributed by atoms with Crippen LogP contribution in [0.4, 0.5) is 4.39 Å². The number of hydrogen-bond acceptors (Lipinski definition) is 4. The fourth-order valence-corrected chi connectivity index (χ4v) is 3.85. The highest BCUT2D eigenvalue weighted by Crippen LogP contribution is 2.31. The molecule has 0 atom stereocenters. The van der Waals surface area contributed by atoms with E-state index in [9.17, 15) is 17.6 Å². The molecule has 0 spiro atoms. The van der Waals surface area contributed by atoms with Gasteiger partial charge in [-0.1, -0.05) is 0 Å². The lowest BCUT2D eigenvalue weighted by molar-refractivity contribution is 0.00882. The first kappa shape index (κ1) is 14.7. The summed E-state index contributed by atoms with van der Waals surface area (Å²) in [7, 11) is 1.03. The summed E-state index contributed by atoms with van der Waals surface area (Å²) in [6, 6.07) is 1.66. The minimum absolute atomic E-state index is 0.0896. The summed E-state index contributed by atoms with van der Waals surface area (Å²) in [5, 5.41) is 0. The summed E-state index contributed by atoms with van der Waals surface area (Å²) in [6.45, 7) is 0. The molecule has 104 valence electrons. The molecule has 0 N–H and O–H groups in total. The molecule has 0 amide bonds. The van der Waals surface area contributed by atoms with Crippen molar-refractivity contribution in [2.45, 2.75) is 30.3 Å². The molecular formula is C11H9BrClFO4S. The van der Waals surface area contributed by atoms with Crippen molar-refractivity contribution in [3.8, 4) is 0 Å². The van der Waals surface area contributed by atoms with Gasteiger partial charge in [-0.3, -0.25) is 0 Å². The summed E-state index contributed by atoms with van der Waals surface area (Å²) >= 11 is 2.95. The Morgan fingerprint density at radius 3 is 2.53 bits per heavy atom. The van der Waals surface area contributed by atoms with Crippen molar-refractivity contribution in [1.82, 2.24) is 0 Å². The minimum atomic E-state index is -4.15. The smallest absolute Gasteiger partial charge is 0.339 e. The molecule has 0 aromatic heterocycles. The molecule has 1 aliphatic rings. The second kappa shape index (κ2) is 5.38. The van der Waals surface area contributed by atoms with Crippen LogP contribution in [0.5, 0.6) is 0 Å². The van der Waals surface area contributed by atoms with Gasteiger partial charge in [-0.15, -0.1) is 0 Å². The molecule has 1 aliphatic carbocycles. The van der Waals surface area contributed by atoms with Gasteiger partial charge in [0.1, 0.15) is 16.8 Å². The Bertz CT molecular complexity index is 628. The van der Waals surface area contributed by atoms with Crippen molar-refractivity contribution in [1.29, 1.82) is 0 Å². The van der Waals surface area contributed by atoms with E-state index in [0.717, 1.165) is 31.4 Å². The third-order valence-corrected chi connectivity index (χ3v) is 5.28. The molecule has 0 heterocycles. The van der Waals surface area contributed by atoms with Gasteiger partial charge < -0.3 is 4.74 Å². The van der Waals surface area contributed by atoms with E-state index in [0.29, 0.717) is 0 Å². The lowest BCUT2D eigenvalue weighted by Gasteiger charge is -2.25. The second-order valence-corrected chi connectivity index (χ2v) is 7.49. The number of carbonyl (C=O) groups excluding carboxylic acids is 1. The van der Waals surface area contributed by atoms with E-state index in [2.05, 4.69) is 15.9 Å². The highest BCUT2D eigenvalue weighted by atomic mass is 79.9. The molecule has 0 unspecified atom stereocenters. The van der Waals surface area contributed by atoms with Crippen molar-refractivity contribution in [2.75, 3.05) is 0 Å². The average Bonchev–Trinajstić information content (AvgIpc) is 2.24. The van der Waals surface area contributed by atoms with Gasteiger partial charge in [-0.05, 0) is 47.3 Å². The van der Waals surface area contributed by atoms with Crippen LogP contribution in [-0.2, 0) is 13.8 Å². The van der Waals surface area contributed by atoms with E-state index in [-0.39, 0.29) is 16.1 Å². The Kier molecular flexibility index (Phi) is 4.17. The summed E-state index contributed by atoms with van der Waals surface area (Å²) in [6.07, 6.45) is 2.32. The number of ether oxygens (including phenoxy) is 1. The van der Waals surface area contributed by atoms with Crippen LogP contribution in [-0.4, -0.2) is 20.5 Å². The molecule has 0 aliphatic heterocycles. The number of benzene rings is 1. The van der Waals surface area contributed by atoms with E-state index >= 15 is 0 Å². The highest BCUT2D eigenvalue weighted by molar-refractivity contribution is 9.10. The van der Waals surface area contributed by atoms with Crippen LogP contribution in [0.25, 0.3) is 0 Å². The molecule has 0 saturated heterocycles. The Morgan fingerprint density at radius 1 is 1.42 bits per heavy atom. The predicted octanol–water partition coefficient (Wildman–Crippen LogP) is 3.23. The first-order chi connectivity index (χ1) is 8.79. The van der Waals surface area contributed by atoms with Crippen LogP contribution >= 0.6 is 26.6 Å². The first-order valence-electron chi connectivity index (χ1n) is 5.43. The number of rotatable bonds is 3. The molecule has 0 bridgehead atoms. The largest absolute Gasteiger partial charge is 0.459 e. The van der Waals surface area contributed by atoms with E-state index in [1.807, 2.05) is 0 Å². The number of hydrogen-bond donors (Lipinski definition) is 0. The average molecular weight is 372 g/mol. The van der Waals surface area contributed by atoms with Crippen molar-refractivity contribution in [3.63, 3.8) is 0 Å². The Morgan fingerprint density at radius 2 is 2.05 bits per heavy atom. The van der Waals surface area contributed by atoms with Gasteiger partial charge >= 0.3 is 5.97 Å². The Balaban J connectivity index is 2.39. The molecular weight excluding hydrogens is 363 g/mol.